The number of carbonyl (C=O) groups is 1. The molecule has 0 atom stereocenters. The zero-order chi connectivity index (χ0) is 7.40. The highest BCUT2D eigenvalue weighted by molar-refractivity contribution is 6.27. The summed E-state index contributed by atoms with van der Waals surface area (Å²) in [5, 5.41) is 2.80. The van der Waals surface area contributed by atoms with Crippen molar-refractivity contribution < 1.29 is 4.79 Å². The first kappa shape index (κ1) is 7.61. The van der Waals surface area contributed by atoms with E-state index in [4.69, 9.17) is 11.6 Å². The molecule has 0 fully saturated rings. The molecule has 0 radical (unpaired) electrons. The lowest BCUT2D eigenvalue weighted by atomic mass is 10.2. The highest BCUT2D eigenvalue weighted by atomic mass is 35.5. The summed E-state index contributed by atoms with van der Waals surface area (Å²) >= 11 is 5.30. The van der Waals surface area contributed by atoms with Crippen LogP contribution in [0.15, 0.2) is 12.2 Å². The minimum atomic E-state index is -0.0737. The summed E-state index contributed by atoms with van der Waals surface area (Å²) in [6.07, 6.45) is 6.03. The minimum absolute atomic E-state index is 0.0660. The van der Waals surface area contributed by atoms with Crippen molar-refractivity contribution in [1.82, 2.24) is 5.32 Å². The Morgan fingerprint density at radius 1 is 1.60 bits per heavy atom. The van der Waals surface area contributed by atoms with Gasteiger partial charge in [0.1, 0.15) is 5.88 Å². The summed E-state index contributed by atoms with van der Waals surface area (Å²) < 4.78 is 0. The van der Waals surface area contributed by atoms with Crippen molar-refractivity contribution in [3.63, 3.8) is 0 Å². The van der Waals surface area contributed by atoms with Crippen LogP contribution in [0.2, 0.25) is 0 Å². The normalized spacial score (nSPS) is 17.7. The van der Waals surface area contributed by atoms with Crippen LogP contribution in [0, 0.1) is 0 Å². The van der Waals surface area contributed by atoms with Crippen LogP contribution in [-0.4, -0.2) is 17.8 Å². The van der Waals surface area contributed by atoms with Crippen LogP contribution in [0.25, 0.3) is 0 Å². The Hall–Kier alpha value is -0.500. The zero-order valence-electron chi connectivity index (χ0n) is 5.64. The second-order valence-corrected chi connectivity index (χ2v) is 2.61. The van der Waals surface area contributed by atoms with Crippen molar-refractivity contribution >= 4 is 17.5 Å². The molecule has 0 aromatic carbocycles. The van der Waals surface area contributed by atoms with Crippen molar-refractivity contribution in [2.24, 2.45) is 0 Å². The Bertz CT molecular complexity index is 148. The third kappa shape index (κ3) is 2.03. The van der Waals surface area contributed by atoms with Crippen molar-refractivity contribution in [2.45, 2.75) is 18.9 Å². The van der Waals surface area contributed by atoms with Crippen LogP contribution in [0.3, 0.4) is 0 Å². The molecule has 0 heterocycles. The minimum Gasteiger partial charge on any atom is -0.352 e. The number of hydrogen-bond acceptors (Lipinski definition) is 1. The Kier molecular flexibility index (Phi) is 2.75. The molecule has 3 heteroatoms. The molecule has 0 saturated heterocycles. The maximum atomic E-state index is 10.7. The molecule has 0 aromatic rings. The van der Waals surface area contributed by atoms with Gasteiger partial charge in [0.15, 0.2) is 0 Å². The average Bonchev–Trinajstić information content (AvgIpc) is 2.40. The van der Waals surface area contributed by atoms with Gasteiger partial charge in [0.2, 0.25) is 5.91 Å². The summed E-state index contributed by atoms with van der Waals surface area (Å²) in [5.41, 5.74) is 0. The molecular weight excluding hydrogens is 150 g/mol. The van der Waals surface area contributed by atoms with Gasteiger partial charge in [-0.1, -0.05) is 12.2 Å². The highest BCUT2D eigenvalue weighted by Crippen LogP contribution is 2.08. The molecule has 0 aromatic heterocycles. The molecule has 1 aliphatic carbocycles. The lowest BCUT2D eigenvalue weighted by Gasteiger charge is -2.09. The molecule has 0 spiro atoms. The van der Waals surface area contributed by atoms with Crippen LogP contribution in [0.1, 0.15) is 12.8 Å². The van der Waals surface area contributed by atoms with E-state index in [2.05, 4.69) is 17.5 Å². The van der Waals surface area contributed by atoms with Gasteiger partial charge in [-0.3, -0.25) is 4.79 Å². The fourth-order valence-corrected chi connectivity index (χ4v) is 1.08. The van der Waals surface area contributed by atoms with Gasteiger partial charge in [-0.05, 0) is 12.8 Å². The van der Waals surface area contributed by atoms with Crippen molar-refractivity contribution in [3.05, 3.63) is 12.2 Å². The van der Waals surface area contributed by atoms with E-state index in [1.807, 2.05) is 0 Å². The van der Waals surface area contributed by atoms with E-state index in [-0.39, 0.29) is 11.8 Å². The van der Waals surface area contributed by atoms with E-state index in [1.54, 1.807) is 0 Å². The number of hydrogen-bond donors (Lipinski definition) is 1. The predicted octanol–water partition coefficient (Wildman–Crippen LogP) is 1.06. The monoisotopic (exact) mass is 159 g/mol. The Balaban J connectivity index is 2.19. The molecule has 0 aliphatic heterocycles. The molecular formula is C7H10ClNO. The standard InChI is InChI=1S/C7H10ClNO/c8-5-7(10)9-6-3-1-2-4-6/h1-2,6H,3-5H2,(H,9,10). The lowest BCUT2D eigenvalue weighted by Crippen LogP contribution is -2.33. The van der Waals surface area contributed by atoms with Crippen LogP contribution >= 0.6 is 11.6 Å². The van der Waals surface area contributed by atoms with Gasteiger partial charge in [0.25, 0.3) is 0 Å². The van der Waals surface area contributed by atoms with Gasteiger partial charge in [-0.25, -0.2) is 0 Å². The van der Waals surface area contributed by atoms with E-state index in [0.717, 1.165) is 12.8 Å². The van der Waals surface area contributed by atoms with Crippen LogP contribution in [0.5, 0.6) is 0 Å². The van der Waals surface area contributed by atoms with Crippen molar-refractivity contribution in [3.8, 4) is 0 Å². The number of nitrogens with one attached hydrogen (secondary N) is 1. The van der Waals surface area contributed by atoms with E-state index in [1.165, 1.54) is 0 Å². The molecule has 10 heavy (non-hydrogen) atoms. The van der Waals surface area contributed by atoms with E-state index < -0.39 is 0 Å². The first-order valence-electron chi connectivity index (χ1n) is 3.33. The second kappa shape index (κ2) is 3.62. The zero-order valence-corrected chi connectivity index (χ0v) is 6.40. The van der Waals surface area contributed by atoms with E-state index in [9.17, 15) is 4.79 Å². The molecule has 0 bridgehead atoms. The van der Waals surface area contributed by atoms with Gasteiger partial charge in [0, 0.05) is 6.04 Å². The molecule has 2 nitrogen and oxygen atoms in total. The molecule has 0 unspecified atom stereocenters. The SMILES string of the molecule is O=C(CCl)NC1CC=CC1. The molecule has 1 amide bonds. The third-order valence-electron chi connectivity index (χ3n) is 1.49. The summed E-state index contributed by atoms with van der Waals surface area (Å²) in [4.78, 5) is 10.7. The fraction of sp³-hybridized carbons (Fsp3) is 0.571. The van der Waals surface area contributed by atoms with Gasteiger partial charge in [-0.2, -0.15) is 0 Å². The maximum Gasteiger partial charge on any atom is 0.235 e. The second-order valence-electron chi connectivity index (χ2n) is 2.34. The molecule has 1 N–H and O–H groups in total. The first-order chi connectivity index (χ1) is 4.83. The van der Waals surface area contributed by atoms with Crippen LogP contribution in [-0.2, 0) is 4.79 Å². The van der Waals surface area contributed by atoms with Gasteiger partial charge in [-0.15, -0.1) is 11.6 Å². The van der Waals surface area contributed by atoms with Gasteiger partial charge in [0.05, 0.1) is 0 Å². The number of amides is 1. The molecule has 0 saturated carbocycles. The maximum absolute atomic E-state index is 10.7. The quantitative estimate of drug-likeness (QED) is 0.474. The number of alkyl halides is 1. The van der Waals surface area contributed by atoms with Crippen LogP contribution in [0.4, 0.5) is 0 Å². The largest absolute Gasteiger partial charge is 0.352 e. The topological polar surface area (TPSA) is 29.1 Å². The van der Waals surface area contributed by atoms with Crippen LogP contribution < -0.4 is 5.32 Å². The summed E-state index contributed by atoms with van der Waals surface area (Å²) in [6.45, 7) is 0. The lowest BCUT2D eigenvalue weighted by molar-refractivity contribution is -0.119. The highest BCUT2D eigenvalue weighted by Gasteiger charge is 2.11. The van der Waals surface area contributed by atoms with E-state index >= 15 is 0 Å². The average molecular weight is 160 g/mol. The number of carbonyl (C=O) groups excluding carboxylic acids is 1. The summed E-state index contributed by atoms with van der Waals surface area (Å²) in [7, 11) is 0. The predicted molar refractivity (Wildman–Crippen MR) is 41.0 cm³/mol. The Labute approximate surface area is 65.2 Å². The smallest absolute Gasteiger partial charge is 0.235 e. The molecule has 56 valence electrons. The number of halogens is 1. The molecule has 1 aliphatic rings. The summed E-state index contributed by atoms with van der Waals surface area (Å²) in [6, 6.07) is 0.297. The Morgan fingerprint density at radius 3 is 2.70 bits per heavy atom. The molecule has 1 rings (SSSR count). The van der Waals surface area contributed by atoms with Crippen molar-refractivity contribution in [2.75, 3.05) is 5.88 Å². The first-order valence-corrected chi connectivity index (χ1v) is 3.86. The fourth-order valence-electron chi connectivity index (χ4n) is 1.00. The Morgan fingerprint density at radius 2 is 2.20 bits per heavy atom. The summed E-state index contributed by atoms with van der Waals surface area (Å²) in [5.74, 6) is -0.00776. The number of rotatable bonds is 2. The van der Waals surface area contributed by atoms with Crippen molar-refractivity contribution in [1.29, 1.82) is 0 Å². The third-order valence-corrected chi connectivity index (χ3v) is 1.74. The van der Waals surface area contributed by atoms with E-state index in [0.29, 0.717) is 6.04 Å². The van der Waals surface area contributed by atoms with Gasteiger partial charge >= 0.3 is 0 Å². The van der Waals surface area contributed by atoms with Gasteiger partial charge < -0.3 is 5.32 Å².